The van der Waals surface area contributed by atoms with Gasteiger partial charge in [-0.1, -0.05) is 0 Å². The van der Waals surface area contributed by atoms with E-state index in [4.69, 9.17) is 4.74 Å². The smallest absolute Gasteiger partial charge is 0.387 e. The fraction of sp³-hybridized carbons (Fsp3) is 0.562. The van der Waals surface area contributed by atoms with Gasteiger partial charge in [-0.15, -0.1) is 0 Å². The number of methoxy groups -OCH3 is 1. The van der Waals surface area contributed by atoms with Crippen LogP contribution in [0.15, 0.2) is 24.3 Å². The van der Waals surface area contributed by atoms with E-state index in [1.165, 1.54) is 24.3 Å². The lowest BCUT2D eigenvalue weighted by Crippen LogP contribution is -2.47. The van der Waals surface area contributed by atoms with E-state index in [-0.39, 0.29) is 17.1 Å². The number of amides is 1. The van der Waals surface area contributed by atoms with Gasteiger partial charge in [-0.3, -0.25) is 4.79 Å². The number of halogens is 2. The minimum atomic E-state index is -2.87. The highest BCUT2D eigenvalue weighted by Gasteiger charge is 2.32. The monoisotopic (exact) mass is 328 g/mol. The third kappa shape index (κ3) is 5.14. The number of alkyl halides is 2. The van der Waals surface area contributed by atoms with Crippen molar-refractivity contribution >= 4 is 5.91 Å². The van der Waals surface area contributed by atoms with Gasteiger partial charge >= 0.3 is 6.61 Å². The fourth-order valence-electron chi connectivity index (χ4n) is 2.79. The predicted molar refractivity (Wildman–Crippen MR) is 81.8 cm³/mol. The third-order valence-corrected chi connectivity index (χ3v) is 4.08. The van der Waals surface area contributed by atoms with E-state index < -0.39 is 6.61 Å². The maximum atomic E-state index is 12.2. The molecule has 23 heavy (non-hydrogen) atoms. The first-order chi connectivity index (χ1) is 11.0. The van der Waals surface area contributed by atoms with E-state index in [0.717, 1.165) is 25.9 Å². The highest BCUT2D eigenvalue weighted by molar-refractivity contribution is 5.94. The molecule has 5 nitrogen and oxygen atoms in total. The minimum absolute atomic E-state index is 0.0331. The maximum Gasteiger partial charge on any atom is 0.387 e. The van der Waals surface area contributed by atoms with E-state index in [9.17, 15) is 13.6 Å². The van der Waals surface area contributed by atoms with Gasteiger partial charge in [0.2, 0.25) is 0 Å². The summed E-state index contributed by atoms with van der Waals surface area (Å²) in [4.78, 5) is 12.2. The topological polar surface area (TPSA) is 59.6 Å². The molecule has 0 bridgehead atoms. The molecule has 1 heterocycles. The van der Waals surface area contributed by atoms with Crippen LogP contribution in [0.2, 0.25) is 0 Å². The van der Waals surface area contributed by atoms with Crippen molar-refractivity contribution in [2.45, 2.75) is 19.5 Å². The largest absolute Gasteiger partial charge is 0.435 e. The van der Waals surface area contributed by atoms with Crippen LogP contribution in [0.5, 0.6) is 5.75 Å². The van der Waals surface area contributed by atoms with Crippen molar-refractivity contribution in [3.8, 4) is 5.75 Å². The third-order valence-electron chi connectivity index (χ3n) is 4.08. The molecule has 0 unspecified atom stereocenters. The Kier molecular flexibility index (Phi) is 6.29. The second kappa shape index (κ2) is 8.21. The first-order valence-corrected chi connectivity index (χ1v) is 7.57. The number of carbonyl (C=O) groups excluding carboxylic acids is 1. The van der Waals surface area contributed by atoms with E-state index in [1.807, 2.05) is 0 Å². The normalized spacial score (nSPS) is 17.0. The zero-order valence-electron chi connectivity index (χ0n) is 13.1. The lowest BCUT2D eigenvalue weighted by Gasteiger charge is -2.37. The number of ether oxygens (including phenoxy) is 2. The van der Waals surface area contributed by atoms with Gasteiger partial charge in [-0.25, -0.2) is 0 Å². The molecule has 0 atom stereocenters. The summed E-state index contributed by atoms with van der Waals surface area (Å²) in [5.41, 5.74) is 0.349. The van der Waals surface area contributed by atoms with E-state index in [2.05, 4.69) is 15.4 Å². The standard InChI is InChI=1S/C16H22F2N2O3/c1-22-11-16(6-8-19-9-7-16)10-20-14(21)12-2-4-13(5-3-12)23-15(17)18/h2-5,15,19H,6-11H2,1H3,(H,20,21). The summed E-state index contributed by atoms with van der Waals surface area (Å²) in [7, 11) is 1.66. The number of benzene rings is 1. The van der Waals surface area contributed by atoms with Gasteiger partial charge in [-0.05, 0) is 50.2 Å². The van der Waals surface area contributed by atoms with Crippen LogP contribution in [0, 0.1) is 5.41 Å². The molecule has 0 saturated carbocycles. The molecule has 1 fully saturated rings. The second-order valence-electron chi connectivity index (χ2n) is 5.77. The van der Waals surface area contributed by atoms with Crippen LogP contribution in [-0.4, -0.2) is 45.9 Å². The summed E-state index contributed by atoms with van der Waals surface area (Å²) >= 11 is 0. The van der Waals surface area contributed by atoms with Gasteiger partial charge in [0, 0.05) is 24.6 Å². The zero-order valence-corrected chi connectivity index (χ0v) is 13.1. The van der Waals surface area contributed by atoms with Crippen LogP contribution in [0.4, 0.5) is 8.78 Å². The molecular formula is C16H22F2N2O3. The van der Waals surface area contributed by atoms with Crippen molar-refractivity contribution in [2.75, 3.05) is 33.4 Å². The summed E-state index contributed by atoms with van der Waals surface area (Å²) in [6.07, 6.45) is 1.87. The Labute approximate surface area is 134 Å². The molecular weight excluding hydrogens is 306 g/mol. The fourth-order valence-corrected chi connectivity index (χ4v) is 2.79. The molecule has 1 aliphatic heterocycles. The summed E-state index contributed by atoms with van der Waals surface area (Å²) in [5, 5.41) is 6.21. The van der Waals surface area contributed by atoms with Gasteiger partial charge in [-0.2, -0.15) is 8.78 Å². The van der Waals surface area contributed by atoms with Crippen LogP contribution in [0.25, 0.3) is 0 Å². The zero-order chi connectivity index (χ0) is 16.7. The van der Waals surface area contributed by atoms with Crippen molar-refractivity contribution < 1.29 is 23.0 Å². The second-order valence-corrected chi connectivity index (χ2v) is 5.77. The number of nitrogens with one attached hydrogen (secondary N) is 2. The van der Waals surface area contributed by atoms with Gasteiger partial charge < -0.3 is 20.1 Å². The van der Waals surface area contributed by atoms with Gasteiger partial charge in [0.1, 0.15) is 5.75 Å². The van der Waals surface area contributed by atoms with Crippen LogP contribution in [0.3, 0.4) is 0 Å². The highest BCUT2D eigenvalue weighted by atomic mass is 19.3. The van der Waals surface area contributed by atoms with Crippen molar-refractivity contribution in [2.24, 2.45) is 5.41 Å². The first kappa shape index (κ1) is 17.6. The quantitative estimate of drug-likeness (QED) is 0.804. The first-order valence-electron chi connectivity index (χ1n) is 7.57. The van der Waals surface area contributed by atoms with Crippen LogP contribution < -0.4 is 15.4 Å². The minimum Gasteiger partial charge on any atom is -0.435 e. The molecule has 1 amide bonds. The lowest BCUT2D eigenvalue weighted by molar-refractivity contribution is -0.0498. The van der Waals surface area contributed by atoms with Crippen molar-refractivity contribution in [3.05, 3.63) is 29.8 Å². The van der Waals surface area contributed by atoms with Crippen molar-refractivity contribution in [1.29, 1.82) is 0 Å². The average molecular weight is 328 g/mol. The average Bonchev–Trinajstić information content (AvgIpc) is 2.54. The molecule has 1 saturated heterocycles. The molecule has 0 radical (unpaired) electrons. The Morgan fingerprint density at radius 1 is 1.30 bits per heavy atom. The summed E-state index contributed by atoms with van der Waals surface area (Å²) < 4.78 is 33.8. The Balaban J connectivity index is 1.92. The molecule has 0 aliphatic carbocycles. The number of carbonyl (C=O) groups is 1. The number of piperidine rings is 1. The number of rotatable bonds is 7. The summed E-state index contributed by atoms with van der Waals surface area (Å²) in [6, 6.07) is 5.66. The van der Waals surface area contributed by atoms with E-state index in [1.54, 1.807) is 7.11 Å². The van der Waals surface area contributed by atoms with Gasteiger partial charge in [0.05, 0.1) is 6.61 Å². The Hall–Kier alpha value is -1.73. The maximum absolute atomic E-state index is 12.2. The molecule has 2 N–H and O–H groups in total. The Morgan fingerprint density at radius 2 is 1.96 bits per heavy atom. The molecule has 0 spiro atoms. The van der Waals surface area contributed by atoms with Crippen LogP contribution in [0.1, 0.15) is 23.2 Å². The molecule has 7 heteroatoms. The molecule has 1 aromatic carbocycles. The summed E-state index contributed by atoms with van der Waals surface area (Å²) in [6.45, 7) is 0.0494. The highest BCUT2D eigenvalue weighted by Crippen LogP contribution is 2.28. The molecule has 1 aliphatic rings. The molecule has 128 valence electrons. The Bertz CT molecular complexity index is 497. The molecule has 0 aromatic heterocycles. The lowest BCUT2D eigenvalue weighted by atomic mass is 9.79. The van der Waals surface area contributed by atoms with Crippen LogP contribution >= 0.6 is 0 Å². The van der Waals surface area contributed by atoms with Crippen molar-refractivity contribution in [1.82, 2.24) is 10.6 Å². The van der Waals surface area contributed by atoms with E-state index >= 15 is 0 Å². The van der Waals surface area contributed by atoms with Gasteiger partial charge in [0.25, 0.3) is 5.91 Å². The van der Waals surface area contributed by atoms with E-state index in [0.29, 0.717) is 18.7 Å². The van der Waals surface area contributed by atoms with Crippen LogP contribution in [-0.2, 0) is 4.74 Å². The van der Waals surface area contributed by atoms with Crippen molar-refractivity contribution in [3.63, 3.8) is 0 Å². The number of hydrogen-bond donors (Lipinski definition) is 2. The number of hydrogen-bond acceptors (Lipinski definition) is 4. The predicted octanol–water partition coefficient (Wildman–Crippen LogP) is 2.03. The molecule has 2 rings (SSSR count). The Morgan fingerprint density at radius 3 is 2.52 bits per heavy atom. The molecule has 1 aromatic rings. The van der Waals surface area contributed by atoms with Gasteiger partial charge in [0.15, 0.2) is 0 Å². The summed E-state index contributed by atoms with van der Waals surface area (Å²) in [5.74, 6) is -0.201. The SMILES string of the molecule is COCC1(CNC(=O)c2ccc(OC(F)F)cc2)CCNCC1.